The first kappa shape index (κ1) is 15.9. The number of aldehydes is 1. The number of anilines is 2. The van der Waals surface area contributed by atoms with E-state index >= 15 is 0 Å². The summed E-state index contributed by atoms with van der Waals surface area (Å²) in [6.07, 6.45) is 4.56. The van der Waals surface area contributed by atoms with Crippen molar-refractivity contribution in [1.29, 1.82) is 0 Å². The third-order valence-corrected chi connectivity index (χ3v) is 4.65. The van der Waals surface area contributed by atoms with Gasteiger partial charge < -0.3 is 10.1 Å². The molecule has 0 aliphatic carbocycles. The van der Waals surface area contributed by atoms with Gasteiger partial charge in [0.25, 0.3) is 0 Å². The molecule has 2 aromatic heterocycles. The van der Waals surface area contributed by atoms with Gasteiger partial charge in [-0.3, -0.25) is 4.98 Å². The van der Waals surface area contributed by atoms with Crippen molar-refractivity contribution >= 4 is 51.6 Å². The van der Waals surface area contributed by atoms with Crippen molar-refractivity contribution in [3.63, 3.8) is 0 Å². The molecule has 7 heteroatoms. The van der Waals surface area contributed by atoms with Crippen molar-refractivity contribution in [2.75, 3.05) is 5.32 Å². The Hall–Kier alpha value is -1.95. The van der Waals surface area contributed by atoms with Crippen LogP contribution in [0.15, 0.2) is 42.7 Å². The van der Waals surface area contributed by atoms with Gasteiger partial charge in [0.05, 0.1) is 16.4 Å². The number of benzene rings is 1. The number of nitrogens with zero attached hydrogens (tertiary/aromatic N) is 2. The minimum absolute atomic E-state index is 0.306. The summed E-state index contributed by atoms with van der Waals surface area (Å²) in [6, 6.07) is 8.89. The Kier molecular flexibility index (Phi) is 4.91. The van der Waals surface area contributed by atoms with Gasteiger partial charge in [-0.15, -0.1) is 11.3 Å². The number of pyridine rings is 1. The SMILES string of the molecule is O=CCc1sc(Nc2cc(Cl)ccc2Cl)nc1-c1ccncc1. The zero-order chi connectivity index (χ0) is 16.2. The summed E-state index contributed by atoms with van der Waals surface area (Å²) in [5.74, 6) is 0. The third-order valence-electron chi connectivity index (χ3n) is 3.09. The van der Waals surface area contributed by atoms with Crippen LogP contribution in [0.3, 0.4) is 0 Å². The highest BCUT2D eigenvalue weighted by molar-refractivity contribution is 7.16. The Morgan fingerprint density at radius 3 is 2.70 bits per heavy atom. The maximum atomic E-state index is 10.9. The minimum Gasteiger partial charge on any atom is -0.330 e. The van der Waals surface area contributed by atoms with Gasteiger partial charge in [-0.2, -0.15) is 0 Å². The molecule has 1 N–H and O–H groups in total. The van der Waals surface area contributed by atoms with Gasteiger partial charge in [0.15, 0.2) is 5.13 Å². The topological polar surface area (TPSA) is 54.9 Å². The van der Waals surface area contributed by atoms with Crippen molar-refractivity contribution in [1.82, 2.24) is 9.97 Å². The second kappa shape index (κ2) is 7.08. The van der Waals surface area contributed by atoms with Gasteiger partial charge >= 0.3 is 0 Å². The number of carbonyl (C=O) groups excluding carboxylic acids is 1. The summed E-state index contributed by atoms with van der Waals surface area (Å²) in [6.45, 7) is 0. The van der Waals surface area contributed by atoms with Gasteiger partial charge in [-0.05, 0) is 30.3 Å². The molecule has 4 nitrogen and oxygen atoms in total. The van der Waals surface area contributed by atoms with Gasteiger partial charge in [0.1, 0.15) is 6.29 Å². The Labute approximate surface area is 147 Å². The summed E-state index contributed by atoms with van der Waals surface area (Å²) >= 11 is 13.6. The normalized spacial score (nSPS) is 10.5. The van der Waals surface area contributed by atoms with Crippen LogP contribution in [0.4, 0.5) is 10.8 Å². The average molecular weight is 364 g/mol. The highest BCUT2D eigenvalue weighted by Gasteiger charge is 2.14. The number of rotatable bonds is 5. The van der Waals surface area contributed by atoms with E-state index in [-0.39, 0.29) is 0 Å². The molecule has 0 saturated carbocycles. The molecule has 0 unspecified atom stereocenters. The lowest BCUT2D eigenvalue weighted by Gasteiger charge is -2.05. The molecule has 3 aromatic rings. The van der Waals surface area contributed by atoms with Crippen LogP contribution in [0.1, 0.15) is 4.88 Å². The molecule has 3 rings (SSSR count). The fourth-order valence-electron chi connectivity index (χ4n) is 2.06. The number of nitrogens with one attached hydrogen (secondary N) is 1. The smallest absolute Gasteiger partial charge is 0.188 e. The maximum Gasteiger partial charge on any atom is 0.188 e. The molecule has 0 atom stereocenters. The lowest BCUT2D eigenvalue weighted by atomic mass is 10.1. The molecule has 23 heavy (non-hydrogen) atoms. The summed E-state index contributed by atoms with van der Waals surface area (Å²) in [4.78, 5) is 20.4. The molecule has 0 bridgehead atoms. The number of aromatic nitrogens is 2. The number of hydrogen-bond donors (Lipinski definition) is 1. The van der Waals surface area contributed by atoms with Gasteiger partial charge in [0.2, 0.25) is 0 Å². The molecule has 0 aliphatic rings. The second-order valence-electron chi connectivity index (χ2n) is 4.65. The van der Waals surface area contributed by atoms with Crippen molar-refractivity contribution in [2.45, 2.75) is 6.42 Å². The van der Waals surface area contributed by atoms with Crippen LogP contribution >= 0.6 is 34.5 Å². The Balaban J connectivity index is 1.98. The van der Waals surface area contributed by atoms with E-state index < -0.39 is 0 Å². The highest BCUT2D eigenvalue weighted by Crippen LogP contribution is 2.35. The molecular formula is C16H11Cl2N3OS. The van der Waals surface area contributed by atoms with E-state index in [0.717, 1.165) is 22.4 Å². The van der Waals surface area contributed by atoms with Crippen LogP contribution < -0.4 is 5.32 Å². The molecule has 0 saturated heterocycles. The fraction of sp³-hybridized carbons (Fsp3) is 0.0625. The first-order valence-corrected chi connectivity index (χ1v) is 8.30. The molecular weight excluding hydrogens is 353 g/mol. The maximum absolute atomic E-state index is 10.9. The zero-order valence-corrected chi connectivity index (χ0v) is 14.1. The van der Waals surface area contributed by atoms with E-state index in [4.69, 9.17) is 23.2 Å². The molecule has 0 amide bonds. The Bertz CT molecular complexity index is 837. The predicted octanol–water partition coefficient (Wildman–Crippen LogP) is 5.00. The van der Waals surface area contributed by atoms with Crippen LogP contribution in [0.2, 0.25) is 10.0 Å². The lowest BCUT2D eigenvalue weighted by molar-refractivity contribution is -0.107. The molecule has 0 fully saturated rings. The largest absolute Gasteiger partial charge is 0.330 e. The standard InChI is InChI=1S/C16H11Cl2N3OS/c17-11-1-2-12(18)13(9-11)20-16-21-15(14(23-16)5-8-22)10-3-6-19-7-4-10/h1-4,6-9H,5H2,(H,20,21). The Morgan fingerprint density at radius 2 is 1.96 bits per heavy atom. The lowest BCUT2D eigenvalue weighted by Crippen LogP contribution is -1.91. The van der Waals surface area contributed by atoms with E-state index in [0.29, 0.717) is 27.3 Å². The summed E-state index contributed by atoms with van der Waals surface area (Å²) in [7, 11) is 0. The van der Waals surface area contributed by atoms with Gasteiger partial charge in [-0.1, -0.05) is 23.2 Å². The minimum atomic E-state index is 0.306. The van der Waals surface area contributed by atoms with Crippen LogP contribution in [0.5, 0.6) is 0 Å². The molecule has 0 spiro atoms. The monoisotopic (exact) mass is 363 g/mol. The first-order valence-electron chi connectivity index (χ1n) is 6.73. The fourth-order valence-corrected chi connectivity index (χ4v) is 3.34. The highest BCUT2D eigenvalue weighted by atomic mass is 35.5. The van der Waals surface area contributed by atoms with Crippen LogP contribution in [0, 0.1) is 0 Å². The Morgan fingerprint density at radius 1 is 1.17 bits per heavy atom. The van der Waals surface area contributed by atoms with E-state index in [1.165, 1.54) is 11.3 Å². The summed E-state index contributed by atoms with van der Waals surface area (Å²) in [5, 5.41) is 4.94. The van der Waals surface area contributed by atoms with Crippen LogP contribution in [-0.4, -0.2) is 16.3 Å². The van der Waals surface area contributed by atoms with Crippen molar-refractivity contribution < 1.29 is 4.79 Å². The molecule has 1 aromatic carbocycles. The van der Waals surface area contributed by atoms with E-state index in [2.05, 4.69) is 15.3 Å². The summed E-state index contributed by atoms with van der Waals surface area (Å²) in [5.41, 5.74) is 2.36. The van der Waals surface area contributed by atoms with E-state index in [1.54, 1.807) is 30.6 Å². The van der Waals surface area contributed by atoms with Crippen molar-refractivity contribution in [3.05, 3.63) is 57.6 Å². The van der Waals surface area contributed by atoms with Crippen LogP contribution in [-0.2, 0) is 11.2 Å². The quantitative estimate of drug-likeness (QED) is 0.648. The predicted molar refractivity (Wildman–Crippen MR) is 94.9 cm³/mol. The second-order valence-corrected chi connectivity index (χ2v) is 6.57. The number of hydrogen-bond acceptors (Lipinski definition) is 5. The first-order chi connectivity index (χ1) is 11.2. The van der Waals surface area contributed by atoms with Gasteiger partial charge in [0, 0.05) is 34.3 Å². The van der Waals surface area contributed by atoms with Crippen LogP contribution in [0.25, 0.3) is 11.3 Å². The van der Waals surface area contributed by atoms with E-state index in [1.807, 2.05) is 12.1 Å². The number of halogens is 2. The molecule has 116 valence electrons. The molecule has 0 aliphatic heterocycles. The van der Waals surface area contributed by atoms with Crippen molar-refractivity contribution in [2.24, 2.45) is 0 Å². The average Bonchev–Trinajstić information content (AvgIpc) is 2.95. The summed E-state index contributed by atoms with van der Waals surface area (Å²) < 4.78 is 0. The number of thiazole rings is 1. The van der Waals surface area contributed by atoms with Crippen molar-refractivity contribution in [3.8, 4) is 11.3 Å². The van der Waals surface area contributed by atoms with Gasteiger partial charge in [-0.25, -0.2) is 4.98 Å². The van der Waals surface area contributed by atoms with E-state index in [9.17, 15) is 4.79 Å². The number of carbonyl (C=O) groups is 1. The zero-order valence-electron chi connectivity index (χ0n) is 11.8. The third kappa shape index (κ3) is 3.69. The molecule has 2 heterocycles. The molecule has 0 radical (unpaired) electrons.